The largest absolute Gasteiger partial charge is 0.453 e. The lowest BCUT2D eigenvalue weighted by Crippen LogP contribution is -2.46. The fraction of sp³-hybridized carbons (Fsp3) is 0.125. The van der Waals surface area contributed by atoms with Crippen molar-refractivity contribution in [2.24, 2.45) is 0 Å². The summed E-state index contributed by atoms with van der Waals surface area (Å²) in [7, 11) is 2.76. The summed E-state index contributed by atoms with van der Waals surface area (Å²) in [5, 5.41) is 12.1. The number of rotatable bonds is 8. The molecule has 8 nitrogen and oxygen atoms in total. The summed E-state index contributed by atoms with van der Waals surface area (Å²) in [4.78, 5) is 25.3. The molecule has 0 aliphatic carbocycles. The van der Waals surface area contributed by atoms with Crippen LogP contribution in [-0.4, -0.2) is 30.3 Å². The predicted molar refractivity (Wildman–Crippen MR) is 156 cm³/mol. The molecule has 2 N–H and O–H groups in total. The highest BCUT2D eigenvalue weighted by Gasteiger charge is 2.30. The van der Waals surface area contributed by atoms with Gasteiger partial charge in [0.1, 0.15) is 24.7 Å². The summed E-state index contributed by atoms with van der Waals surface area (Å²) in [5.41, 5.74) is 4.12. The minimum absolute atomic E-state index is 0.0628. The van der Waals surface area contributed by atoms with Crippen LogP contribution in [0.5, 0.6) is 0 Å². The van der Waals surface area contributed by atoms with E-state index in [-0.39, 0.29) is 22.0 Å². The Morgan fingerprint density at radius 1 is 1.05 bits per heavy atom. The van der Waals surface area contributed by atoms with Gasteiger partial charge < -0.3 is 9.72 Å². The number of anilines is 1. The monoisotopic (exact) mass is 600 g/mol. The van der Waals surface area contributed by atoms with Gasteiger partial charge in [-0.3, -0.25) is 10.2 Å². The lowest BCUT2D eigenvalue weighted by molar-refractivity contribution is -0.890. The lowest BCUT2D eigenvalue weighted by Gasteiger charge is -2.14. The number of ether oxygens (including phenoxy) is 1. The molecule has 216 valence electrons. The number of amides is 1. The molecule has 0 saturated heterocycles. The molecule has 0 spiro atoms. The predicted octanol–water partition coefficient (Wildman–Crippen LogP) is 6.45. The number of hydrogen-bond acceptors (Lipinski definition) is 5. The van der Waals surface area contributed by atoms with E-state index in [4.69, 9.17) is 21.4 Å². The Labute approximate surface area is 251 Å². The van der Waals surface area contributed by atoms with Crippen molar-refractivity contribution in [2.45, 2.75) is 12.3 Å². The zero-order valence-corrected chi connectivity index (χ0v) is 23.8. The second-order valence-electron chi connectivity index (χ2n) is 9.49. The van der Waals surface area contributed by atoms with E-state index >= 15 is 4.39 Å². The molecule has 5 rings (SSSR count). The molecule has 11 heteroatoms. The standard InChI is InChI=1S/C32H24ClF2N5O3/c1-42-32(41)38-24-11-5-20(6-12-24)27-17-37-31(39-27)25(15-19-3-9-23(34)10-4-19)28-14-8-22(18-40(28)43-2)29-21(16-36)7-13-26(33)30(29)35/h3-14,17-18,25H,15H2,1-2H3,(H-,37,38,39,41)/p+1. The number of carbonyl (C=O) groups excluding carboxylic acids is 1. The lowest BCUT2D eigenvalue weighted by atomic mass is 9.93. The van der Waals surface area contributed by atoms with Crippen LogP contribution < -0.4 is 14.9 Å². The molecular formula is C32H25ClF2N5O3+. The number of imidazole rings is 1. The van der Waals surface area contributed by atoms with E-state index in [0.29, 0.717) is 34.9 Å². The summed E-state index contributed by atoms with van der Waals surface area (Å²) >= 11 is 6.03. The first kappa shape index (κ1) is 29.2. The van der Waals surface area contributed by atoms with Gasteiger partial charge in [-0.05, 0) is 54.4 Å². The number of aromatic nitrogens is 3. The number of methoxy groups -OCH3 is 1. The first-order valence-electron chi connectivity index (χ1n) is 13.0. The Hall–Kier alpha value is -5.27. The van der Waals surface area contributed by atoms with Crippen LogP contribution in [0.25, 0.3) is 22.4 Å². The van der Waals surface area contributed by atoms with Crippen LogP contribution in [0.15, 0.2) is 85.2 Å². The number of carbonyl (C=O) groups is 1. The van der Waals surface area contributed by atoms with Crippen LogP contribution in [0, 0.1) is 23.0 Å². The minimum atomic E-state index is -0.706. The number of pyridine rings is 1. The summed E-state index contributed by atoms with van der Waals surface area (Å²) < 4.78 is 34.9. The molecule has 5 aromatic rings. The summed E-state index contributed by atoms with van der Waals surface area (Å²) in [6.45, 7) is 0. The average Bonchev–Trinajstić information content (AvgIpc) is 3.52. The average molecular weight is 601 g/mol. The van der Waals surface area contributed by atoms with Gasteiger partial charge in [0.05, 0.1) is 35.0 Å². The van der Waals surface area contributed by atoms with Crippen LogP contribution in [0.1, 0.15) is 28.6 Å². The van der Waals surface area contributed by atoms with E-state index in [1.807, 2.05) is 18.2 Å². The number of nitrogens with zero attached hydrogens (tertiary/aromatic N) is 3. The highest BCUT2D eigenvalue weighted by molar-refractivity contribution is 6.31. The fourth-order valence-electron chi connectivity index (χ4n) is 4.75. The number of nitriles is 1. The summed E-state index contributed by atoms with van der Waals surface area (Å²) in [5.74, 6) is -0.865. The second-order valence-corrected chi connectivity index (χ2v) is 9.90. The second kappa shape index (κ2) is 12.7. The molecule has 0 bridgehead atoms. The quantitative estimate of drug-likeness (QED) is 0.199. The number of aromatic amines is 1. The zero-order chi connectivity index (χ0) is 30.5. The molecule has 0 fully saturated rings. The van der Waals surface area contributed by atoms with E-state index in [1.54, 1.807) is 48.8 Å². The van der Waals surface area contributed by atoms with Gasteiger partial charge in [0, 0.05) is 33.8 Å². The molecule has 0 radical (unpaired) electrons. The van der Waals surface area contributed by atoms with Gasteiger partial charge in [0.25, 0.3) is 0 Å². The van der Waals surface area contributed by atoms with Gasteiger partial charge in [-0.15, -0.1) is 0 Å². The molecule has 0 saturated carbocycles. The highest BCUT2D eigenvalue weighted by Crippen LogP contribution is 2.33. The minimum Gasteiger partial charge on any atom is -0.453 e. The third-order valence-electron chi connectivity index (χ3n) is 6.90. The fourth-order valence-corrected chi connectivity index (χ4v) is 4.91. The summed E-state index contributed by atoms with van der Waals surface area (Å²) in [6, 6.07) is 21.6. The molecule has 0 aliphatic rings. The molecule has 1 atom stereocenters. The Morgan fingerprint density at radius 2 is 1.77 bits per heavy atom. The van der Waals surface area contributed by atoms with Crippen LogP contribution in [0.2, 0.25) is 5.02 Å². The van der Waals surface area contributed by atoms with Gasteiger partial charge in [-0.25, -0.2) is 18.6 Å². The topological polar surface area (TPSA) is 104 Å². The first-order chi connectivity index (χ1) is 20.8. The van der Waals surface area contributed by atoms with Crippen molar-refractivity contribution in [2.75, 3.05) is 19.5 Å². The molecule has 1 amide bonds. The molecule has 0 aliphatic heterocycles. The molecule has 1 unspecified atom stereocenters. The van der Waals surface area contributed by atoms with Crippen molar-refractivity contribution in [1.29, 1.82) is 5.26 Å². The smallest absolute Gasteiger partial charge is 0.411 e. The number of halogens is 3. The third-order valence-corrected chi connectivity index (χ3v) is 7.19. The van der Waals surface area contributed by atoms with Crippen LogP contribution in [0.3, 0.4) is 0 Å². The highest BCUT2D eigenvalue weighted by atomic mass is 35.5. The number of H-pyrrole nitrogens is 1. The Bertz CT molecular complexity index is 1820. The first-order valence-corrected chi connectivity index (χ1v) is 13.4. The number of nitrogens with one attached hydrogen (secondary N) is 2. The van der Waals surface area contributed by atoms with E-state index < -0.39 is 17.8 Å². The Kier molecular flexibility index (Phi) is 8.64. The van der Waals surface area contributed by atoms with Crippen molar-refractivity contribution in [3.05, 3.63) is 124 Å². The van der Waals surface area contributed by atoms with Crippen LogP contribution in [0.4, 0.5) is 19.3 Å². The van der Waals surface area contributed by atoms with Crippen molar-refractivity contribution < 1.29 is 27.9 Å². The normalized spacial score (nSPS) is 11.4. The van der Waals surface area contributed by atoms with Crippen molar-refractivity contribution >= 4 is 23.4 Å². The Morgan fingerprint density at radius 3 is 2.44 bits per heavy atom. The van der Waals surface area contributed by atoms with E-state index in [9.17, 15) is 14.4 Å². The van der Waals surface area contributed by atoms with Gasteiger partial charge in [-0.2, -0.15) is 5.26 Å². The molecular weight excluding hydrogens is 576 g/mol. The molecule has 3 aromatic carbocycles. The Balaban J connectivity index is 1.55. The van der Waals surface area contributed by atoms with E-state index in [0.717, 1.165) is 11.1 Å². The molecule has 43 heavy (non-hydrogen) atoms. The summed E-state index contributed by atoms with van der Waals surface area (Å²) in [6.07, 6.45) is 3.20. The number of hydrogen-bond donors (Lipinski definition) is 2. The van der Waals surface area contributed by atoms with Gasteiger partial charge >= 0.3 is 6.09 Å². The third kappa shape index (κ3) is 6.32. The van der Waals surface area contributed by atoms with Crippen molar-refractivity contribution in [1.82, 2.24) is 9.97 Å². The van der Waals surface area contributed by atoms with Gasteiger partial charge in [0.2, 0.25) is 11.9 Å². The SMILES string of the molecule is COC(=O)Nc1ccc(-c2c[nH]c(C(Cc3ccc(F)cc3)c3ccc(-c4c(C#N)ccc(Cl)c4F)c[n+]3OC)n2)cc1. The maximum Gasteiger partial charge on any atom is 0.411 e. The number of benzene rings is 3. The molecule has 2 aromatic heterocycles. The van der Waals surface area contributed by atoms with E-state index in [2.05, 4.69) is 15.0 Å². The van der Waals surface area contributed by atoms with Crippen LogP contribution >= 0.6 is 11.6 Å². The van der Waals surface area contributed by atoms with Crippen molar-refractivity contribution in [3.63, 3.8) is 0 Å². The van der Waals surface area contributed by atoms with Gasteiger partial charge in [0.15, 0.2) is 5.82 Å². The van der Waals surface area contributed by atoms with Crippen LogP contribution in [-0.2, 0) is 11.2 Å². The molecule has 2 heterocycles. The van der Waals surface area contributed by atoms with E-state index in [1.165, 1.54) is 43.2 Å². The maximum atomic E-state index is 15.1. The maximum absolute atomic E-state index is 15.1. The van der Waals surface area contributed by atoms with Gasteiger partial charge in [-0.1, -0.05) is 35.9 Å². The van der Waals surface area contributed by atoms with Crippen molar-refractivity contribution in [3.8, 4) is 28.5 Å². The zero-order valence-electron chi connectivity index (χ0n) is 23.1.